The predicted molar refractivity (Wildman–Crippen MR) is 131 cm³/mol. The van der Waals surface area contributed by atoms with E-state index in [4.69, 9.17) is 9.47 Å². The SMILES string of the molecule is O=C(NNC(=O)c1ccccc1OCCOc1ccccc1)c1ccc(-c2ccccc2)cc1. The van der Waals surface area contributed by atoms with Crippen molar-refractivity contribution in [1.29, 1.82) is 0 Å². The molecule has 0 fully saturated rings. The molecule has 4 aromatic rings. The lowest BCUT2D eigenvalue weighted by atomic mass is 10.0. The summed E-state index contributed by atoms with van der Waals surface area (Å²) in [5, 5.41) is 0. The average Bonchev–Trinajstić information content (AvgIpc) is 2.91. The van der Waals surface area contributed by atoms with E-state index in [-0.39, 0.29) is 6.61 Å². The van der Waals surface area contributed by atoms with E-state index in [0.717, 1.165) is 16.9 Å². The zero-order valence-electron chi connectivity index (χ0n) is 18.4. The van der Waals surface area contributed by atoms with Gasteiger partial charge in [-0.1, -0.05) is 72.8 Å². The number of nitrogens with one attached hydrogen (secondary N) is 2. The summed E-state index contributed by atoms with van der Waals surface area (Å²) in [6, 6.07) is 33.3. The first-order chi connectivity index (χ1) is 16.7. The van der Waals surface area contributed by atoms with Gasteiger partial charge >= 0.3 is 0 Å². The van der Waals surface area contributed by atoms with Gasteiger partial charge in [-0.05, 0) is 47.5 Å². The first kappa shape index (κ1) is 22.6. The van der Waals surface area contributed by atoms with Gasteiger partial charge in [-0.25, -0.2) is 0 Å². The molecule has 0 heterocycles. The molecule has 0 aliphatic carbocycles. The zero-order valence-corrected chi connectivity index (χ0v) is 18.4. The van der Waals surface area contributed by atoms with Gasteiger partial charge in [0, 0.05) is 5.56 Å². The normalized spacial score (nSPS) is 10.2. The molecule has 0 bridgehead atoms. The summed E-state index contributed by atoms with van der Waals surface area (Å²) in [7, 11) is 0. The minimum Gasteiger partial charge on any atom is -0.490 e. The number of amides is 2. The van der Waals surface area contributed by atoms with Gasteiger partial charge in [0.25, 0.3) is 11.8 Å². The van der Waals surface area contributed by atoms with E-state index in [1.807, 2.05) is 72.8 Å². The molecule has 0 aliphatic heterocycles. The molecule has 0 aromatic heterocycles. The maximum absolute atomic E-state index is 12.7. The van der Waals surface area contributed by atoms with Crippen LogP contribution < -0.4 is 20.3 Å². The quantitative estimate of drug-likeness (QED) is 0.295. The Labute approximate surface area is 198 Å². The maximum Gasteiger partial charge on any atom is 0.273 e. The van der Waals surface area contributed by atoms with Crippen LogP contribution in [0.3, 0.4) is 0 Å². The smallest absolute Gasteiger partial charge is 0.273 e. The van der Waals surface area contributed by atoms with Crippen LogP contribution >= 0.6 is 0 Å². The van der Waals surface area contributed by atoms with Gasteiger partial charge < -0.3 is 9.47 Å². The summed E-state index contributed by atoms with van der Waals surface area (Å²) < 4.78 is 11.3. The standard InChI is InChI=1S/C28H24N2O4/c31-27(23-17-15-22(16-18-23)21-9-3-1-4-10-21)29-30-28(32)25-13-7-8-14-26(25)34-20-19-33-24-11-5-2-6-12-24/h1-18H,19-20H2,(H,29,31)(H,30,32). The lowest BCUT2D eigenvalue weighted by Crippen LogP contribution is -2.41. The van der Waals surface area contributed by atoms with Crippen molar-refractivity contribution < 1.29 is 19.1 Å². The number of hydrogen-bond acceptors (Lipinski definition) is 4. The molecule has 6 heteroatoms. The Morgan fingerprint density at radius 2 is 1.12 bits per heavy atom. The highest BCUT2D eigenvalue weighted by atomic mass is 16.5. The minimum atomic E-state index is -0.478. The predicted octanol–water partition coefficient (Wildman–Crippen LogP) is 4.89. The van der Waals surface area contributed by atoms with Crippen molar-refractivity contribution in [3.05, 3.63) is 120 Å². The van der Waals surface area contributed by atoms with Gasteiger partial charge in [0.2, 0.25) is 0 Å². The summed E-state index contributed by atoms with van der Waals surface area (Å²) in [5.41, 5.74) is 7.71. The van der Waals surface area contributed by atoms with Crippen LogP contribution in [-0.2, 0) is 0 Å². The molecule has 0 spiro atoms. The molecular formula is C28H24N2O4. The van der Waals surface area contributed by atoms with Crippen LogP contribution in [0.5, 0.6) is 11.5 Å². The second kappa shape index (κ2) is 11.3. The maximum atomic E-state index is 12.7. The van der Waals surface area contributed by atoms with E-state index in [2.05, 4.69) is 10.9 Å². The lowest BCUT2D eigenvalue weighted by Gasteiger charge is -2.13. The van der Waals surface area contributed by atoms with Crippen LogP contribution in [0.15, 0.2) is 109 Å². The monoisotopic (exact) mass is 452 g/mol. The Bertz CT molecular complexity index is 1230. The Balaban J connectivity index is 1.30. The topological polar surface area (TPSA) is 76.7 Å². The molecule has 34 heavy (non-hydrogen) atoms. The van der Waals surface area contributed by atoms with Crippen molar-refractivity contribution >= 4 is 11.8 Å². The third kappa shape index (κ3) is 6.01. The largest absolute Gasteiger partial charge is 0.490 e. The molecule has 4 rings (SSSR count). The third-order valence-corrected chi connectivity index (χ3v) is 5.03. The van der Waals surface area contributed by atoms with Crippen molar-refractivity contribution in [2.24, 2.45) is 0 Å². The molecular weight excluding hydrogens is 428 g/mol. The molecule has 2 amide bonds. The number of hydrazine groups is 1. The van der Waals surface area contributed by atoms with Crippen molar-refractivity contribution in [3.8, 4) is 22.6 Å². The lowest BCUT2D eigenvalue weighted by molar-refractivity contribution is 0.0844. The Hall–Kier alpha value is -4.58. The number of carbonyl (C=O) groups is 2. The molecule has 170 valence electrons. The highest BCUT2D eigenvalue weighted by molar-refractivity contribution is 6.00. The van der Waals surface area contributed by atoms with Crippen molar-refractivity contribution in [3.63, 3.8) is 0 Å². The fourth-order valence-corrected chi connectivity index (χ4v) is 3.31. The van der Waals surface area contributed by atoms with Crippen molar-refractivity contribution in [2.45, 2.75) is 0 Å². The van der Waals surface area contributed by atoms with E-state index in [0.29, 0.717) is 23.5 Å². The first-order valence-corrected chi connectivity index (χ1v) is 10.9. The number of rotatable bonds is 8. The summed E-state index contributed by atoms with van der Waals surface area (Å²) in [6.07, 6.45) is 0. The fraction of sp³-hybridized carbons (Fsp3) is 0.0714. The van der Waals surface area contributed by atoms with Crippen LogP contribution in [0.2, 0.25) is 0 Å². The van der Waals surface area contributed by atoms with Crippen LogP contribution in [0, 0.1) is 0 Å². The Morgan fingerprint density at radius 1 is 0.559 bits per heavy atom. The number of benzene rings is 4. The van der Waals surface area contributed by atoms with E-state index in [1.165, 1.54) is 0 Å². The third-order valence-electron chi connectivity index (χ3n) is 5.03. The number of hydrogen-bond donors (Lipinski definition) is 2. The van der Waals surface area contributed by atoms with Crippen LogP contribution in [0.1, 0.15) is 20.7 Å². The summed E-state index contributed by atoms with van der Waals surface area (Å²) >= 11 is 0. The highest BCUT2D eigenvalue weighted by Gasteiger charge is 2.14. The summed E-state index contributed by atoms with van der Waals surface area (Å²) in [4.78, 5) is 25.1. The first-order valence-electron chi connectivity index (χ1n) is 10.9. The van der Waals surface area contributed by atoms with Gasteiger partial charge in [-0.2, -0.15) is 0 Å². The van der Waals surface area contributed by atoms with Crippen LogP contribution in [-0.4, -0.2) is 25.0 Å². The van der Waals surface area contributed by atoms with Crippen molar-refractivity contribution in [1.82, 2.24) is 10.9 Å². The number of ether oxygens (including phenoxy) is 2. The average molecular weight is 453 g/mol. The number of para-hydroxylation sites is 2. The molecule has 6 nitrogen and oxygen atoms in total. The molecule has 0 saturated heterocycles. The number of carbonyl (C=O) groups excluding carboxylic acids is 2. The van der Waals surface area contributed by atoms with Crippen LogP contribution in [0.25, 0.3) is 11.1 Å². The van der Waals surface area contributed by atoms with E-state index in [9.17, 15) is 9.59 Å². The molecule has 0 atom stereocenters. The van der Waals surface area contributed by atoms with E-state index >= 15 is 0 Å². The molecule has 2 N–H and O–H groups in total. The molecule has 0 aliphatic rings. The Kier molecular flexibility index (Phi) is 7.54. The Morgan fingerprint density at radius 3 is 1.85 bits per heavy atom. The van der Waals surface area contributed by atoms with Crippen molar-refractivity contribution in [2.75, 3.05) is 13.2 Å². The second-order valence-corrected chi connectivity index (χ2v) is 7.36. The van der Waals surface area contributed by atoms with E-state index < -0.39 is 11.8 Å². The molecule has 0 unspecified atom stereocenters. The summed E-state index contributed by atoms with van der Waals surface area (Å²) in [5.74, 6) is 0.256. The molecule has 0 radical (unpaired) electrons. The van der Waals surface area contributed by atoms with Gasteiger partial charge in [-0.3, -0.25) is 20.4 Å². The fourth-order valence-electron chi connectivity index (χ4n) is 3.31. The second-order valence-electron chi connectivity index (χ2n) is 7.36. The van der Waals surface area contributed by atoms with Gasteiger partial charge in [0.05, 0.1) is 5.56 Å². The van der Waals surface area contributed by atoms with Gasteiger partial charge in [0.1, 0.15) is 24.7 Å². The van der Waals surface area contributed by atoms with Crippen LogP contribution in [0.4, 0.5) is 0 Å². The highest BCUT2D eigenvalue weighted by Crippen LogP contribution is 2.20. The van der Waals surface area contributed by atoms with Gasteiger partial charge in [-0.15, -0.1) is 0 Å². The summed E-state index contributed by atoms with van der Waals surface area (Å²) in [6.45, 7) is 0.592. The molecule has 0 saturated carbocycles. The minimum absolute atomic E-state index is 0.263. The zero-order chi connectivity index (χ0) is 23.6. The van der Waals surface area contributed by atoms with Gasteiger partial charge in [0.15, 0.2) is 0 Å². The van der Waals surface area contributed by atoms with E-state index in [1.54, 1.807) is 36.4 Å². The molecule has 4 aromatic carbocycles.